The minimum absolute atomic E-state index is 0.417. The van der Waals surface area contributed by atoms with Crippen molar-refractivity contribution in [2.24, 2.45) is 0 Å². The number of nitrogens with zero attached hydrogens (tertiary/aromatic N) is 12. The van der Waals surface area contributed by atoms with Gasteiger partial charge in [-0.25, -0.2) is 57.4 Å². The molecule has 394 valence electrons. The van der Waals surface area contributed by atoms with Crippen molar-refractivity contribution in [2.75, 3.05) is 19.6 Å². The molecule has 0 bridgehead atoms. The van der Waals surface area contributed by atoms with Crippen LogP contribution in [-0.4, -0.2) is 39.9 Å². The highest BCUT2D eigenvalue weighted by atomic mass is 19.1. The van der Waals surface area contributed by atoms with E-state index in [2.05, 4.69) is 56.0 Å². The van der Waals surface area contributed by atoms with Crippen LogP contribution in [0.3, 0.4) is 0 Å². The summed E-state index contributed by atoms with van der Waals surface area (Å²) < 4.78 is 60.7. The minimum Gasteiger partial charge on any atom is -0.306 e. The first-order valence-electron chi connectivity index (χ1n) is 25.8. The van der Waals surface area contributed by atoms with Gasteiger partial charge in [0.05, 0.1) is 91.1 Å². The smallest absolute Gasteiger partial charge is 0.123 e. The predicted octanol–water partition coefficient (Wildman–Crippen LogP) is 16.6. The maximum atomic E-state index is 15.2. The summed E-state index contributed by atoms with van der Waals surface area (Å²) in [5.41, 5.74) is 13.1. The number of anilines is 12. The summed E-state index contributed by atoms with van der Waals surface area (Å²) >= 11 is 0. The molecule has 0 aliphatic heterocycles. The Morgan fingerprint density at radius 3 is 0.600 bits per heavy atom. The van der Waals surface area contributed by atoms with Crippen molar-refractivity contribution in [1.29, 1.82) is 0 Å². The number of aryl methyl sites for hydroxylation is 8. The molecule has 0 amide bonds. The number of hydrogen-bond acceptors (Lipinski definition) is 12. The molecule has 0 N–H and O–H groups in total. The lowest BCUT2D eigenvalue weighted by Crippen LogP contribution is -2.19. The van der Waals surface area contributed by atoms with Gasteiger partial charge in [0.25, 0.3) is 0 Å². The van der Waals surface area contributed by atoms with Crippen molar-refractivity contribution in [3.05, 3.63) is 228 Å². The Morgan fingerprint density at radius 1 is 0.250 bits per heavy atom. The fourth-order valence-electron chi connectivity index (χ4n) is 11.2. The summed E-state index contributed by atoms with van der Waals surface area (Å²) in [5, 5.41) is 4.70. The summed E-state index contributed by atoms with van der Waals surface area (Å²) in [6, 6.07) is 37.7. The number of halogens is 4. The molecule has 0 aliphatic rings. The Bertz CT molecular complexity index is 3720. The lowest BCUT2D eigenvalue weighted by Gasteiger charge is -2.35. The molecule has 8 aromatic carbocycles. The zero-order valence-corrected chi connectivity index (χ0v) is 44.9. The van der Waals surface area contributed by atoms with E-state index in [-0.39, 0.29) is 0 Å². The molecule has 0 saturated heterocycles. The molecular weight excluding hydrogens is 1010 g/mol. The van der Waals surface area contributed by atoms with E-state index in [0.29, 0.717) is 114 Å². The third kappa shape index (κ3) is 8.65. The quantitative estimate of drug-likeness (QED) is 0.0857. The molecule has 0 spiro atoms. The van der Waals surface area contributed by atoms with Crippen molar-refractivity contribution in [1.82, 2.24) is 39.9 Å². The average molecular weight is 1060 g/mol. The summed E-state index contributed by atoms with van der Waals surface area (Å²) in [5.74, 6) is -1.67. The predicted molar refractivity (Wildman–Crippen MR) is 309 cm³/mol. The van der Waals surface area contributed by atoms with Gasteiger partial charge in [0, 0.05) is 55.1 Å². The number of aromatic nitrogens is 8. The lowest BCUT2D eigenvalue weighted by atomic mass is 9.89. The van der Waals surface area contributed by atoms with Gasteiger partial charge in [0.2, 0.25) is 0 Å². The van der Waals surface area contributed by atoms with Gasteiger partial charge in [-0.3, -0.25) is 0 Å². The Morgan fingerprint density at radius 2 is 0.425 bits per heavy atom. The second-order valence-corrected chi connectivity index (χ2v) is 19.7. The molecule has 0 saturated carbocycles. The first-order chi connectivity index (χ1) is 38.7. The van der Waals surface area contributed by atoms with E-state index < -0.39 is 23.3 Å². The van der Waals surface area contributed by atoms with Crippen LogP contribution in [0.15, 0.2) is 159 Å². The van der Waals surface area contributed by atoms with Crippen LogP contribution in [0.2, 0.25) is 0 Å². The van der Waals surface area contributed by atoms with Crippen molar-refractivity contribution in [3.8, 4) is 0 Å². The molecule has 0 fully saturated rings. The Balaban J connectivity index is 1.34. The van der Waals surface area contributed by atoms with E-state index in [1.54, 1.807) is 48.5 Å². The molecule has 0 aliphatic carbocycles. The molecule has 4 heterocycles. The maximum absolute atomic E-state index is 15.2. The monoisotopic (exact) mass is 1060 g/mol. The normalized spacial score (nSPS) is 11.5. The van der Waals surface area contributed by atoms with E-state index in [0.717, 1.165) is 32.3 Å². The summed E-state index contributed by atoms with van der Waals surface area (Å²) in [7, 11) is 0. The molecule has 80 heavy (non-hydrogen) atoms. The third-order valence-electron chi connectivity index (χ3n) is 14.8. The maximum Gasteiger partial charge on any atom is 0.123 e. The van der Waals surface area contributed by atoms with Crippen LogP contribution in [0.25, 0.3) is 32.3 Å². The average Bonchev–Trinajstić information content (AvgIpc) is 3.51. The molecule has 0 atom stereocenters. The van der Waals surface area contributed by atoms with E-state index >= 15 is 17.6 Å². The summed E-state index contributed by atoms with van der Waals surface area (Å²) in [4.78, 5) is 46.0. The molecule has 0 radical (unpaired) electrons. The number of hydrogen-bond donors (Lipinski definition) is 0. The van der Waals surface area contributed by atoms with Gasteiger partial charge in [-0.15, -0.1) is 0 Å². The van der Waals surface area contributed by atoms with E-state index in [1.165, 1.54) is 73.8 Å². The largest absolute Gasteiger partial charge is 0.306 e. The zero-order valence-electron chi connectivity index (χ0n) is 44.9. The van der Waals surface area contributed by atoms with Crippen LogP contribution in [-0.2, 0) is 0 Å². The number of rotatable bonds is 12. The molecule has 0 unspecified atom stereocenters. The van der Waals surface area contributed by atoms with Crippen LogP contribution >= 0.6 is 0 Å². The Kier molecular flexibility index (Phi) is 12.8. The standard InChI is InChI=1S/C64H50F4N12/c1-35-61(36(2)70-31-69-35)77(47-17-9-43(65)10-18-47)55-29-56(78(48-19-11-44(66)12-20-48)62-37(3)71-32-72-38(62)4)52-27-28-54-58(80(50-23-15-46(68)16-24-50)64-41(7)75-34-76-42(64)8)30-57(53-26-25-51(55)59(52)60(53)54)79(49-21-13-45(67)14-22-49)63-39(5)73-33-74-40(63)6/h9-34H,1-8H3. The van der Waals surface area contributed by atoms with Gasteiger partial charge < -0.3 is 19.6 Å². The van der Waals surface area contributed by atoms with E-state index in [1.807, 2.05) is 55.4 Å². The van der Waals surface area contributed by atoms with Crippen LogP contribution in [0.1, 0.15) is 45.6 Å². The van der Waals surface area contributed by atoms with Crippen molar-refractivity contribution in [2.45, 2.75) is 55.4 Å². The molecule has 16 heteroatoms. The first kappa shape index (κ1) is 50.8. The second kappa shape index (κ2) is 20.1. The lowest BCUT2D eigenvalue weighted by molar-refractivity contribution is 0.627. The van der Waals surface area contributed by atoms with E-state index in [9.17, 15) is 0 Å². The highest BCUT2D eigenvalue weighted by Crippen LogP contribution is 2.56. The van der Waals surface area contributed by atoms with Gasteiger partial charge in [0.15, 0.2) is 0 Å². The zero-order chi connectivity index (χ0) is 55.7. The van der Waals surface area contributed by atoms with Gasteiger partial charge in [0.1, 0.15) is 48.6 Å². The van der Waals surface area contributed by atoms with Crippen LogP contribution in [0.4, 0.5) is 85.8 Å². The molecule has 12 aromatic rings. The topological polar surface area (TPSA) is 116 Å². The van der Waals surface area contributed by atoms with Crippen molar-refractivity contribution >= 4 is 101 Å². The second-order valence-electron chi connectivity index (χ2n) is 19.7. The van der Waals surface area contributed by atoms with Crippen molar-refractivity contribution < 1.29 is 17.6 Å². The highest BCUT2D eigenvalue weighted by Gasteiger charge is 2.32. The summed E-state index contributed by atoms with van der Waals surface area (Å²) in [6.45, 7) is 15.3. The Hall–Kier alpha value is -9.96. The first-order valence-corrected chi connectivity index (χ1v) is 25.8. The minimum atomic E-state index is -0.417. The van der Waals surface area contributed by atoms with Gasteiger partial charge in [-0.2, -0.15) is 0 Å². The molecule has 4 aromatic heterocycles. The fraction of sp³-hybridized carbons (Fsp3) is 0.125. The van der Waals surface area contributed by atoms with Crippen LogP contribution in [0.5, 0.6) is 0 Å². The van der Waals surface area contributed by atoms with E-state index in [4.69, 9.17) is 39.9 Å². The SMILES string of the molecule is Cc1ncnc(C)c1N(c1ccc(F)cc1)c1cc(N(c2ccc(F)cc2)c2c(C)ncnc2C)c2ccc3c(N(c4ccc(F)cc4)c4c(C)ncnc4C)cc(N(c4ccc(F)cc4)c4c(C)ncnc4C)c4ccc1c2c43. The van der Waals surface area contributed by atoms with Gasteiger partial charge in [-0.05, 0) is 165 Å². The van der Waals surface area contributed by atoms with Crippen LogP contribution in [0, 0.1) is 78.7 Å². The molecule has 12 rings (SSSR count). The highest BCUT2D eigenvalue weighted by molar-refractivity contribution is 6.33. The third-order valence-corrected chi connectivity index (χ3v) is 14.8. The molecular formula is C64H50F4N12. The van der Waals surface area contributed by atoms with Gasteiger partial charge >= 0.3 is 0 Å². The summed E-state index contributed by atoms with van der Waals surface area (Å²) in [6.07, 6.45) is 6.09. The Labute approximate surface area is 458 Å². The molecule has 12 nitrogen and oxygen atoms in total. The van der Waals surface area contributed by atoms with Gasteiger partial charge in [-0.1, -0.05) is 24.3 Å². The van der Waals surface area contributed by atoms with Crippen molar-refractivity contribution in [3.63, 3.8) is 0 Å². The number of benzene rings is 8. The fourth-order valence-corrected chi connectivity index (χ4v) is 11.2. The van der Waals surface area contributed by atoms with Crippen LogP contribution < -0.4 is 19.6 Å².